The van der Waals surface area contributed by atoms with Crippen LogP contribution in [0.1, 0.15) is 12.5 Å². The Bertz CT molecular complexity index is 632. The van der Waals surface area contributed by atoms with E-state index in [4.69, 9.17) is 5.84 Å². The quantitative estimate of drug-likeness (QED) is 0.654. The molecule has 2 atom stereocenters. The highest BCUT2D eigenvalue weighted by Gasteiger charge is 2.38. The number of aromatic nitrogens is 3. The van der Waals surface area contributed by atoms with Crippen molar-refractivity contribution in [3.05, 3.63) is 53.9 Å². The van der Waals surface area contributed by atoms with Crippen LogP contribution < -0.4 is 0 Å². The minimum absolute atomic E-state index is 0.0607. The number of aliphatic hydroxyl groups is 1. The molecule has 1 aromatic carbocycles. The average Bonchev–Trinajstić information content (AvgIpc) is 2.90. The molecule has 0 aliphatic rings. The maximum atomic E-state index is 14.1. The zero-order chi connectivity index (χ0) is 16.4. The van der Waals surface area contributed by atoms with Gasteiger partial charge in [0.05, 0.1) is 20.1 Å². The summed E-state index contributed by atoms with van der Waals surface area (Å²) in [6.07, 6.45) is 2.70. The van der Waals surface area contributed by atoms with Crippen molar-refractivity contribution in [1.82, 2.24) is 14.8 Å². The zero-order valence-electron chi connectivity index (χ0n) is 12.5. The predicted molar refractivity (Wildman–Crippen MR) is 76.2 cm³/mol. The van der Waals surface area contributed by atoms with Crippen LogP contribution in [0.5, 0.6) is 0 Å². The average molecular weight is 311 g/mol. The van der Waals surface area contributed by atoms with E-state index < -0.39 is 17.2 Å². The maximum absolute atomic E-state index is 14.1. The third-order valence-electron chi connectivity index (χ3n) is 3.63. The smallest absolute Gasteiger partial charge is 0.160 e. The Kier molecular flexibility index (Phi) is 4.55. The molecular formula is C14H19F2N5O. The Labute approximate surface area is 127 Å². The van der Waals surface area contributed by atoms with E-state index in [2.05, 4.69) is 10.1 Å². The minimum Gasteiger partial charge on any atom is -0.468 e. The number of halogens is 2. The molecule has 8 heteroatoms. The molecule has 0 bridgehead atoms. The van der Waals surface area contributed by atoms with Gasteiger partial charge in [-0.15, -0.1) is 0 Å². The van der Waals surface area contributed by atoms with Crippen molar-refractivity contribution in [3.63, 3.8) is 0 Å². The molecule has 0 fully saturated rings. The number of benzene rings is 1. The van der Waals surface area contributed by atoms with Crippen LogP contribution in [0.25, 0.3) is 5.84 Å². The molecule has 0 amide bonds. The first kappa shape index (κ1) is 16.5. The van der Waals surface area contributed by atoms with Gasteiger partial charge in [-0.1, -0.05) is 0 Å². The number of nitrogens with one attached hydrogen (secondary N) is 1. The Morgan fingerprint density at radius 2 is 2.14 bits per heavy atom. The molecule has 0 aliphatic carbocycles. The number of likely N-dealkylation sites (N-methyl/N-ethyl adjacent to an activating group) is 1. The van der Waals surface area contributed by atoms with Gasteiger partial charge in [0, 0.05) is 11.6 Å². The molecule has 0 spiro atoms. The first-order valence-corrected chi connectivity index (χ1v) is 6.86. The molecule has 22 heavy (non-hydrogen) atoms. The SMILES string of the molecule is CC[N+](C)([NH-])CC(O)(Cn1cncn1)c1ccc(F)cc1F. The standard InChI is InChI=1S/C14H19F2N5O/c1-3-21(2,17)8-14(22,7-20-10-18-9-19-20)12-5-4-11(15)6-13(12)16/h4-6,9-10,17,22H,3,7-8H2,1-2H3. The van der Waals surface area contributed by atoms with Crippen LogP contribution in [0.15, 0.2) is 30.9 Å². The van der Waals surface area contributed by atoms with Crippen LogP contribution in [-0.4, -0.2) is 44.6 Å². The number of rotatable bonds is 6. The second kappa shape index (κ2) is 6.07. The van der Waals surface area contributed by atoms with Crippen molar-refractivity contribution >= 4 is 0 Å². The number of nitrogens with zero attached hydrogens (tertiary/aromatic N) is 4. The summed E-state index contributed by atoms with van der Waals surface area (Å²) < 4.78 is 28.4. The third kappa shape index (κ3) is 3.65. The molecule has 2 N–H and O–H groups in total. The fourth-order valence-electron chi connectivity index (χ4n) is 2.36. The molecule has 2 rings (SSSR count). The molecule has 0 aliphatic heterocycles. The number of quaternary nitrogens is 1. The zero-order valence-corrected chi connectivity index (χ0v) is 12.5. The summed E-state index contributed by atoms with van der Waals surface area (Å²) in [6, 6.07) is 3.02. The fourth-order valence-corrected chi connectivity index (χ4v) is 2.36. The van der Waals surface area contributed by atoms with Crippen LogP contribution >= 0.6 is 0 Å². The Hall–Kier alpha value is -1.90. The molecule has 120 valence electrons. The molecular weight excluding hydrogens is 292 g/mol. The van der Waals surface area contributed by atoms with Crippen molar-refractivity contribution in [2.24, 2.45) is 0 Å². The normalized spacial score (nSPS) is 17.0. The Morgan fingerprint density at radius 3 is 2.68 bits per heavy atom. The fraction of sp³-hybridized carbons (Fsp3) is 0.429. The van der Waals surface area contributed by atoms with Crippen LogP contribution in [-0.2, 0) is 12.1 Å². The van der Waals surface area contributed by atoms with Gasteiger partial charge in [0.25, 0.3) is 0 Å². The van der Waals surface area contributed by atoms with Gasteiger partial charge in [-0.05, 0) is 19.1 Å². The second-order valence-corrected chi connectivity index (χ2v) is 5.62. The molecule has 6 nitrogen and oxygen atoms in total. The summed E-state index contributed by atoms with van der Waals surface area (Å²) in [5.74, 6) is 6.59. The van der Waals surface area contributed by atoms with E-state index in [1.165, 1.54) is 23.4 Å². The van der Waals surface area contributed by atoms with Crippen molar-refractivity contribution in [2.75, 3.05) is 20.1 Å². The third-order valence-corrected chi connectivity index (χ3v) is 3.63. The topological polar surface area (TPSA) is 74.7 Å². The lowest BCUT2D eigenvalue weighted by atomic mass is 9.92. The molecule has 2 aromatic rings. The van der Waals surface area contributed by atoms with Crippen molar-refractivity contribution in [3.8, 4) is 0 Å². The lowest BCUT2D eigenvalue weighted by Gasteiger charge is -2.43. The van der Waals surface area contributed by atoms with E-state index >= 15 is 0 Å². The molecule has 0 radical (unpaired) electrons. The molecule has 0 saturated carbocycles. The van der Waals surface area contributed by atoms with Crippen molar-refractivity contribution in [2.45, 2.75) is 19.1 Å². The van der Waals surface area contributed by atoms with Crippen LogP contribution in [0.2, 0.25) is 0 Å². The van der Waals surface area contributed by atoms with E-state index in [1.807, 2.05) is 0 Å². The number of hydrogen-bond acceptors (Lipinski definition) is 3. The lowest BCUT2D eigenvalue weighted by molar-refractivity contribution is -0.867. The summed E-state index contributed by atoms with van der Waals surface area (Å²) in [5, 5.41) is 14.9. The number of hydrogen-bond donors (Lipinski definition) is 1. The summed E-state index contributed by atoms with van der Waals surface area (Å²) in [4.78, 5) is 3.79. The molecule has 1 heterocycles. The van der Waals surface area contributed by atoms with Gasteiger partial charge in [-0.2, -0.15) is 5.10 Å². The van der Waals surface area contributed by atoms with Crippen molar-refractivity contribution in [1.29, 1.82) is 0 Å². The van der Waals surface area contributed by atoms with Gasteiger partial charge >= 0.3 is 0 Å². The van der Waals surface area contributed by atoms with Gasteiger partial charge < -0.3 is 15.5 Å². The highest BCUT2D eigenvalue weighted by atomic mass is 19.1. The van der Waals surface area contributed by atoms with Gasteiger partial charge in [0.2, 0.25) is 0 Å². The van der Waals surface area contributed by atoms with Gasteiger partial charge in [-0.3, -0.25) is 0 Å². The van der Waals surface area contributed by atoms with Crippen LogP contribution in [0.3, 0.4) is 0 Å². The predicted octanol–water partition coefficient (Wildman–Crippen LogP) is 1.88. The highest BCUT2D eigenvalue weighted by Crippen LogP contribution is 2.29. The maximum Gasteiger partial charge on any atom is 0.160 e. The van der Waals surface area contributed by atoms with E-state index in [0.29, 0.717) is 6.54 Å². The van der Waals surface area contributed by atoms with E-state index in [1.54, 1.807) is 14.0 Å². The van der Waals surface area contributed by atoms with Gasteiger partial charge in [0.1, 0.15) is 30.8 Å². The van der Waals surface area contributed by atoms with Crippen LogP contribution in [0, 0.1) is 11.6 Å². The largest absolute Gasteiger partial charge is 0.468 e. The first-order chi connectivity index (χ1) is 10.3. The first-order valence-electron chi connectivity index (χ1n) is 6.86. The van der Waals surface area contributed by atoms with Crippen LogP contribution in [0.4, 0.5) is 8.78 Å². The summed E-state index contributed by atoms with van der Waals surface area (Å²) in [6.45, 7) is 2.06. The van der Waals surface area contributed by atoms with E-state index in [9.17, 15) is 13.9 Å². The lowest BCUT2D eigenvalue weighted by Crippen LogP contribution is -2.50. The second-order valence-electron chi connectivity index (χ2n) is 5.62. The Morgan fingerprint density at radius 1 is 1.41 bits per heavy atom. The summed E-state index contributed by atoms with van der Waals surface area (Å²) >= 11 is 0. The van der Waals surface area contributed by atoms with E-state index in [-0.39, 0.29) is 23.2 Å². The monoisotopic (exact) mass is 311 g/mol. The molecule has 1 aromatic heterocycles. The molecule has 2 unspecified atom stereocenters. The summed E-state index contributed by atoms with van der Waals surface area (Å²) in [5.41, 5.74) is -1.77. The van der Waals surface area contributed by atoms with E-state index in [0.717, 1.165) is 12.1 Å². The highest BCUT2D eigenvalue weighted by molar-refractivity contribution is 5.25. The Balaban J connectivity index is 2.44. The van der Waals surface area contributed by atoms with Gasteiger partial charge in [-0.25, -0.2) is 18.4 Å². The van der Waals surface area contributed by atoms with Crippen molar-refractivity contribution < 1.29 is 18.5 Å². The minimum atomic E-state index is -1.71. The summed E-state index contributed by atoms with van der Waals surface area (Å²) in [7, 11) is 1.60. The van der Waals surface area contributed by atoms with Gasteiger partial charge in [0.15, 0.2) is 5.60 Å². The molecule has 0 saturated heterocycles.